The molecule has 1 rings (SSSR count). The molecule has 3 heteroatoms. The van der Waals surface area contributed by atoms with Gasteiger partial charge in [0.2, 0.25) is 0 Å². The van der Waals surface area contributed by atoms with Crippen LogP contribution in [0.4, 0.5) is 0 Å². The van der Waals surface area contributed by atoms with Crippen molar-refractivity contribution in [3.05, 3.63) is 28.3 Å². The van der Waals surface area contributed by atoms with Crippen molar-refractivity contribution in [1.82, 2.24) is 5.32 Å². The van der Waals surface area contributed by atoms with E-state index in [-0.39, 0.29) is 0 Å². The highest BCUT2D eigenvalue weighted by Gasteiger charge is 2.09. The highest BCUT2D eigenvalue weighted by atomic mass is 35.5. The number of benzene rings is 1. The van der Waals surface area contributed by atoms with Crippen molar-refractivity contribution in [3.8, 4) is 5.75 Å². The largest absolute Gasteiger partial charge is 0.493 e. The summed E-state index contributed by atoms with van der Waals surface area (Å²) in [5.41, 5.74) is 2.25. The lowest BCUT2D eigenvalue weighted by atomic mass is 10.0. The number of hydrogen-bond acceptors (Lipinski definition) is 2. The minimum atomic E-state index is 0.419. The van der Waals surface area contributed by atoms with E-state index in [2.05, 4.69) is 25.2 Å². The molecule has 0 aliphatic rings. The molecule has 0 heterocycles. The Morgan fingerprint density at radius 3 is 2.65 bits per heavy atom. The molecule has 17 heavy (non-hydrogen) atoms. The van der Waals surface area contributed by atoms with Gasteiger partial charge in [0, 0.05) is 5.02 Å². The van der Waals surface area contributed by atoms with Gasteiger partial charge in [-0.2, -0.15) is 0 Å². The minimum Gasteiger partial charge on any atom is -0.493 e. The fourth-order valence-corrected chi connectivity index (χ4v) is 2.13. The van der Waals surface area contributed by atoms with Crippen LogP contribution in [0.2, 0.25) is 5.02 Å². The van der Waals surface area contributed by atoms with Gasteiger partial charge in [0.1, 0.15) is 5.75 Å². The Bertz CT molecular complexity index is 363. The first-order chi connectivity index (χ1) is 8.06. The Balaban J connectivity index is 2.74. The van der Waals surface area contributed by atoms with Crippen molar-refractivity contribution in [2.75, 3.05) is 20.2 Å². The number of aryl methyl sites for hydroxylation is 1. The van der Waals surface area contributed by atoms with Crippen LogP contribution < -0.4 is 10.1 Å². The van der Waals surface area contributed by atoms with Crippen molar-refractivity contribution in [1.29, 1.82) is 0 Å². The first-order valence-corrected chi connectivity index (χ1v) is 6.51. The monoisotopic (exact) mass is 255 g/mol. The van der Waals surface area contributed by atoms with Crippen molar-refractivity contribution in [2.45, 2.75) is 33.1 Å². The van der Waals surface area contributed by atoms with E-state index in [0.29, 0.717) is 5.92 Å². The molecule has 0 fully saturated rings. The van der Waals surface area contributed by atoms with Gasteiger partial charge in [-0.1, -0.05) is 25.4 Å². The zero-order valence-electron chi connectivity index (χ0n) is 11.1. The fourth-order valence-electron chi connectivity index (χ4n) is 1.70. The lowest BCUT2D eigenvalue weighted by molar-refractivity contribution is 0.307. The predicted octanol–water partition coefficient (Wildman–Crippen LogP) is 3.76. The van der Waals surface area contributed by atoms with Gasteiger partial charge in [-0.3, -0.25) is 0 Å². The SMILES string of the molecule is CNCCCOc1cc(C(C)C)c(Cl)cc1C. The van der Waals surface area contributed by atoms with E-state index in [4.69, 9.17) is 16.3 Å². The van der Waals surface area contributed by atoms with Crippen molar-refractivity contribution < 1.29 is 4.74 Å². The summed E-state index contributed by atoms with van der Waals surface area (Å²) in [6.45, 7) is 8.02. The lowest BCUT2D eigenvalue weighted by Crippen LogP contribution is -2.12. The molecule has 1 aromatic rings. The summed E-state index contributed by atoms with van der Waals surface area (Å²) >= 11 is 6.21. The minimum absolute atomic E-state index is 0.419. The first kappa shape index (κ1) is 14.3. The van der Waals surface area contributed by atoms with Crippen LogP contribution in [0.25, 0.3) is 0 Å². The van der Waals surface area contributed by atoms with Gasteiger partial charge < -0.3 is 10.1 Å². The zero-order chi connectivity index (χ0) is 12.8. The fraction of sp³-hybridized carbons (Fsp3) is 0.571. The van der Waals surface area contributed by atoms with Gasteiger partial charge in [0.25, 0.3) is 0 Å². The Morgan fingerprint density at radius 2 is 2.06 bits per heavy atom. The summed E-state index contributed by atoms with van der Waals surface area (Å²) < 4.78 is 5.79. The molecule has 96 valence electrons. The number of nitrogens with one attached hydrogen (secondary N) is 1. The topological polar surface area (TPSA) is 21.3 Å². The van der Waals surface area contributed by atoms with Crippen molar-refractivity contribution in [2.24, 2.45) is 0 Å². The number of rotatable bonds is 6. The predicted molar refractivity (Wildman–Crippen MR) is 74.3 cm³/mol. The summed E-state index contributed by atoms with van der Waals surface area (Å²) in [7, 11) is 1.95. The summed E-state index contributed by atoms with van der Waals surface area (Å²) in [5, 5.41) is 3.94. The molecule has 0 radical (unpaired) electrons. The van der Waals surface area contributed by atoms with E-state index in [9.17, 15) is 0 Å². The van der Waals surface area contributed by atoms with Crippen LogP contribution in [-0.4, -0.2) is 20.2 Å². The molecular formula is C14H22ClNO. The highest BCUT2D eigenvalue weighted by Crippen LogP contribution is 2.31. The van der Waals surface area contributed by atoms with Crippen molar-refractivity contribution in [3.63, 3.8) is 0 Å². The molecule has 0 aliphatic heterocycles. The number of ether oxygens (including phenoxy) is 1. The summed E-state index contributed by atoms with van der Waals surface area (Å²) in [4.78, 5) is 0. The summed E-state index contributed by atoms with van der Waals surface area (Å²) in [5.74, 6) is 1.37. The first-order valence-electron chi connectivity index (χ1n) is 6.13. The van der Waals surface area contributed by atoms with E-state index in [1.807, 2.05) is 20.0 Å². The molecular weight excluding hydrogens is 234 g/mol. The van der Waals surface area contributed by atoms with Crippen LogP contribution >= 0.6 is 11.6 Å². The summed E-state index contributed by atoms with van der Waals surface area (Å²) in [6, 6.07) is 4.06. The highest BCUT2D eigenvalue weighted by molar-refractivity contribution is 6.31. The molecule has 0 bridgehead atoms. The van der Waals surface area contributed by atoms with Gasteiger partial charge in [0.15, 0.2) is 0 Å². The second kappa shape index (κ2) is 6.87. The smallest absolute Gasteiger partial charge is 0.122 e. The molecule has 0 saturated heterocycles. The van der Waals surface area contributed by atoms with Crippen LogP contribution in [-0.2, 0) is 0 Å². The molecule has 2 nitrogen and oxygen atoms in total. The normalized spacial score (nSPS) is 10.9. The quantitative estimate of drug-likeness (QED) is 0.782. The molecule has 1 N–H and O–H groups in total. The second-order valence-corrected chi connectivity index (χ2v) is 5.01. The van der Waals surface area contributed by atoms with Gasteiger partial charge in [-0.15, -0.1) is 0 Å². The molecule has 1 aromatic carbocycles. The van der Waals surface area contributed by atoms with Gasteiger partial charge in [-0.05, 0) is 56.1 Å². The lowest BCUT2D eigenvalue weighted by Gasteiger charge is -2.14. The molecule has 0 amide bonds. The standard InChI is InChI=1S/C14H22ClNO/c1-10(2)12-9-14(11(3)8-13(12)15)17-7-5-6-16-4/h8-10,16H,5-7H2,1-4H3. The Hall–Kier alpha value is -0.730. The van der Waals surface area contributed by atoms with Crippen LogP contribution in [0, 0.1) is 6.92 Å². The van der Waals surface area contributed by atoms with Crippen LogP contribution in [0.15, 0.2) is 12.1 Å². The maximum Gasteiger partial charge on any atom is 0.122 e. The molecule has 0 unspecified atom stereocenters. The zero-order valence-corrected chi connectivity index (χ0v) is 11.9. The van der Waals surface area contributed by atoms with E-state index >= 15 is 0 Å². The maximum absolute atomic E-state index is 6.21. The van der Waals surface area contributed by atoms with Crippen LogP contribution in [0.5, 0.6) is 5.75 Å². The molecule has 0 atom stereocenters. The molecule has 0 spiro atoms. The third kappa shape index (κ3) is 4.21. The molecule has 0 aliphatic carbocycles. The van der Waals surface area contributed by atoms with E-state index in [1.165, 1.54) is 0 Å². The van der Waals surface area contributed by atoms with E-state index in [1.54, 1.807) is 0 Å². The van der Waals surface area contributed by atoms with Gasteiger partial charge in [-0.25, -0.2) is 0 Å². The van der Waals surface area contributed by atoms with E-state index in [0.717, 1.165) is 41.5 Å². The Labute approximate surface area is 109 Å². The average molecular weight is 256 g/mol. The number of halogens is 1. The van der Waals surface area contributed by atoms with Crippen LogP contribution in [0.3, 0.4) is 0 Å². The summed E-state index contributed by atoms with van der Waals surface area (Å²) in [6.07, 6.45) is 1.01. The maximum atomic E-state index is 6.21. The molecule has 0 aromatic heterocycles. The third-order valence-electron chi connectivity index (χ3n) is 2.74. The van der Waals surface area contributed by atoms with Crippen molar-refractivity contribution >= 4 is 11.6 Å². The average Bonchev–Trinajstić information content (AvgIpc) is 2.26. The second-order valence-electron chi connectivity index (χ2n) is 4.60. The van der Waals surface area contributed by atoms with Gasteiger partial charge in [0.05, 0.1) is 6.61 Å². The molecule has 0 saturated carbocycles. The number of hydrogen-bond donors (Lipinski definition) is 1. The Kier molecular flexibility index (Phi) is 5.79. The third-order valence-corrected chi connectivity index (χ3v) is 3.07. The van der Waals surface area contributed by atoms with E-state index < -0.39 is 0 Å². The Morgan fingerprint density at radius 1 is 1.35 bits per heavy atom. The van der Waals surface area contributed by atoms with Gasteiger partial charge >= 0.3 is 0 Å². The van der Waals surface area contributed by atoms with Crippen LogP contribution in [0.1, 0.15) is 37.3 Å².